The minimum absolute atomic E-state index is 0.462. The monoisotopic (exact) mass is 309 g/mol. The molecule has 3 aromatic rings. The van der Waals surface area contributed by atoms with Crippen molar-refractivity contribution in [3.05, 3.63) is 41.7 Å². The van der Waals surface area contributed by atoms with Crippen LogP contribution < -0.4 is 5.73 Å². The Morgan fingerprint density at radius 3 is 2.62 bits per heavy atom. The van der Waals surface area contributed by atoms with Crippen LogP contribution in [0.15, 0.2) is 30.5 Å². The number of pyridine rings is 1. The lowest BCUT2D eigenvalue weighted by Crippen LogP contribution is -2.08. The SMILES string of the molecule is Cc1cc(C(F)(F)F)ncc1-c1ccc2nc(N)sc2c1. The van der Waals surface area contributed by atoms with Crippen LogP contribution in [0.25, 0.3) is 21.3 Å². The van der Waals surface area contributed by atoms with Crippen LogP contribution in [0, 0.1) is 6.92 Å². The van der Waals surface area contributed by atoms with Crippen molar-refractivity contribution < 1.29 is 13.2 Å². The number of nitrogen functional groups attached to an aromatic ring is 1. The number of hydrogen-bond acceptors (Lipinski definition) is 4. The Bertz CT molecular complexity index is 824. The molecule has 3 nitrogen and oxygen atoms in total. The number of anilines is 1. The molecule has 0 aliphatic heterocycles. The summed E-state index contributed by atoms with van der Waals surface area (Å²) in [5, 5.41) is 0.462. The molecular weight excluding hydrogens is 299 g/mol. The van der Waals surface area contributed by atoms with Crippen LogP contribution in [0.5, 0.6) is 0 Å². The van der Waals surface area contributed by atoms with Crippen LogP contribution in [-0.2, 0) is 6.18 Å². The lowest BCUT2D eigenvalue weighted by molar-refractivity contribution is -0.141. The van der Waals surface area contributed by atoms with Crippen LogP contribution >= 0.6 is 11.3 Å². The number of benzene rings is 1. The fourth-order valence-corrected chi connectivity index (χ4v) is 2.90. The summed E-state index contributed by atoms with van der Waals surface area (Å²) in [6, 6.07) is 6.52. The first-order valence-corrected chi connectivity index (χ1v) is 6.86. The number of halogens is 3. The van der Waals surface area contributed by atoms with Crippen molar-refractivity contribution in [3.8, 4) is 11.1 Å². The Hall–Kier alpha value is -2.15. The van der Waals surface area contributed by atoms with Gasteiger partial charge in [-0.15, -0.1) is 0 Å². The summed E-state index contributed by atoms with van der Waals surface area (Å²) in [6.07, 6.45) is -3.18. The summed E-state index contributed by atoms with van der Waals surface area (Å²) in [6.45, 7) is 1.64. The first kappa shape index (κ1) is 13.8. The van der Waals surface area contributed by atoms with Crippen molar-refractivity contribution >= 4 is 26.7 Å². The average Bonchev–Trinajstić information content (AvgIpc) is 2.76. The van der Waals surface area contributed by atoms with Gasteiger partial charge in [-0.2, -0.15) is 13.2 Å². The second kappa shape index (κ2) is 4.70. The van der Waals surface area contributed by atoms with Crippen molar-refractivity contribution in [2.24, 2.45) is 0 Å². The highest BCUT2D eigenvalue weighted by Gasteiger charge is 2.32. The fourth-order valence-electron chi connectivity index (χ4n) is 2.12. The summed E-state index contributed by atoms with van der Waals surface area (Å²) < 4.78 is 38.8. The molecule has 0 radical (unpaired) electrons. The van der Waals surface area contributed by atoms with E-state index in [2.05, 4.69) is 9.97 Å². The summed E-state index contributed by atoms with van der Waals surface area (Å²) in [7, 11) is 0. The van der Waals surface area contributed by atoms with Gasteiger partial charge in [-0.3, -0.25) is 4.98 Å². The topological polar surface area (TPSA) is 51.8 Å². The Labute approximate surface area is 122 Å². The van der Waals surface area contributed by atoms with E-state index >= 15 is 0 Å². The molecule has 108 valence electrons. The lowest BCUT2D eigenvalue weighted by atomic mass is 10.0. The normalized spacial score (nSPS) is 12.0. The van der Waals surface area contributed by atoms with Crippen LogP contribution in [-0.4, -0.2) is 9.97 Å². The Morgan fingerprint density at radius 1 is 1.19 bits per heavy atom. The highest BCUT2D eigenvalue weighted by Crippen LogP contribution is 2.33. The van der Waals surface area contributed by atoms with Gasteiger partial charge < -0.3 is 5.73 Å². The van der Waals surface area contributed by atoms with Gasteiger partial charge in [0, 0.05) is 11.8 Å². The van der Waals surface area contributed by atoms with Gasteiger partial charge in [-0.05, 0) is 36.2 Å². The smallest absolute Gasteiger partial charge is 0.375 e. The maximum absolute atomic E-state index is 12.6. The zero-order valence-electron chi connectivity index (χ0n) is 10.9. The molecule has 2 N–H and O–H groups in total. The summed E-state index contributed by atoms with van der Waals surface area (Å²) in [5.74, 6) is 0. The average molecular weight is 309 g/mol. The molecule has 2 aromatic heterocycles. The third-order valence-electron chi connectivity index (χ3n) is 3.12. The third kappa shape index (κ3) is 2.56. The quantitative estimate of drug-likeness (QED) is 0.730. The van der Waals surface area contributed by atoms with Crippen molar-refractivity contribution in [2.45, 2.75) is 13.1 Å². The second-order valence-electron chi connectivity index (χ2n) is 4.62. The van der Waals surface area contributed by atoms with E-state index in [0.29, 0.717) is 16.3 Å². The highest BCUT2D eigenvalue weighted by molar-refractivity contribution is 7.22. The molecule has 0 saturated heterocycles. The molecule has 0 aliphatic carbocycles. The van der Waals surface area contributed by atoms with Crippen LogP contribution in [0.1, 0.15) is 11.3 Å². The van der Waals surface area contributed by atoms with E-state index in [9.17, 15) is 13.2 Å². The number of nitrogens with zero attached hydrogens (tertiary/aromatic N) is 2. The second-order valence-corrected chi connectivity index (χ2v) is 5.68. The molecule has 0 spiro atoms. The van der Waals surface area contributed by atoms with E-state index in [-0.39, 0.29) is 0 Å². The number of aryl methyl sites for hydroxylation is 1. The molecule has 0 aliphatic rings. The first-order chi connectivity index (χ1) is 9.84. The van der Waals surface area contributed by atoms with Crippen LogP contribution in [0.3, 0.4) is 0 Å². The van der Waals surface area contributed by atoms with Gasteiger partial charge in [0.15, 0.2) is 5.13 Å². The molecule has 0 fully saturated rings. The molecule has 1 aromatic carbocycles. The molecule has 0 unspecified atom stereocenters. The van der Waals surface area contributed by atoms with Crippen molar-refractivity contribution in [2.75, 3.05) is 5.73 Å². The Balaban J connectivity index is 2.09. The minimum Gasteiger partial charge on any atom is -0.375 e. The van der Waals surface area contributed by atoms with E-state index in [1.807, 2.05) is 6.07 Å². The number of alkyl halides is 3. The van der Waals surface area contributed by atoms with Crippen molar-refractivity contribution in [3.63, 3.8) is 0 Å². The number of thiazole rings is 1. The zero-order valence-corrected chi connectivity index (χ0v) is 11.7. The summed E-state index contributed by atoms with van der Waals surface area (Å²) >= 11 is 1.34. The molecule has 3 rings (SSSR count). The van der Waals surface area contributed by atoms with Gasteiger partial charge in [-0.25, -0.2) is 4.98 Å². The van der Waals surface area contributed by atoms with Crippen LogP contribution in [0.4, 0.5) is 18.3 Å². The number of aromatic nitrogens is 2. The molecule has 0 saturated carbocycles. The van der Waals surface area contributed by atoms with Gasteiger partial charge in [0.05, 0.1) is 10.2 Å². The minimum atomic E-state index is -4.43. The number of nitrogens with two attached hydrogens (primary N) is 1. The predicted octanol–water partition coefficient (Wildman–Crippen LogP) is 4.27. The number of hydrogen-bond donors (Lipinski definition) is 1. The standard InChI is InChI=1S/C14H10F3N3S/c1-7-4-12(14(15,16)17)19-6-9(7)8-2-3-10-11(5-8)21-13(18)20-10/h2-6H,1H3,(H2,18,20). The van der Waals surface area contributed by atoms with Crippen LogP contribution in [0.2, 0.25) is 0 Å². The van der Waals surface area contributed by atoms with E-state index in [1.54, 1.807) is 19.1 Å². The molecule has 21 heavy (non-hydrogen) atoms. The van der Waals surface area contributed by atoms with E-state index in [1.165, 1.54) is 17.5 Å². The molecule has 2 heterocycles. The lowest BCUT2D eigenvalue weighted by Gasteiger charge is -2.10. The van der Waals surface area contributed by atoms with Gasteiger partial charge in [0.1, 0.15) is 5.69 Å². The number of fused-ring (bicyclic) bond motifs is 1. The molecule has 0 amide bonds. The van der Waals surface area contributed by atoms with Crippen molar-refractivity contribution in [1.82, 2.24) is 9.97 Å². The van der Waals surface area contributed by atoms with Gasteiger partial charge in [0.2, 0.25) is 0 Å². The maximum Gasteiger partial charge on any atom is 0.433 e. The largest absolute Gasteiger partial charge is 0.433 e. The molecule has 0 bridgehead atoms. The molecule has 7 heteroatoms. The van der Waals surface area contributed by atoms with Crippen molar-refractivity contribution in [1.29, 1.82) is 0 Å². The van der Waals surface area contributed by atoms with Gasteiger partial charge in [-0.1, -0.05) is 17.4 Å². The summed E-state index contributed by atoms with van der Waals surface area (Å²) in [5.41, 5.74) is 7.52. The Morgan fingerprint density at radius 2 is 1.95 bits per heavy atom. The van der Waals surface area contributed by atoms with E-state index in [0.717, 1.165) is 21.8 Å². The van der Waals surface area contributed by atoms with Gasteiger partial charge in [0.25, 0.3) is 0 Å². The predicted molar refractivity (Wildman–Crippen MR) is 77.0 cm³/mol. The highest BCUT2D eigenvalue weighted by atomic mass is 32.1. The third-order valence-corrected chi connectivity index (χ3v) is 3.96. The zero-order chi connectivity index (χ0) is 15.2. The van der Waals surface area contributed by atoms with E-state index < -0.39 is 11.9 Å². The van der Waals surface area contributed by atoms with E-state index in [4.69, 9.17) is 5.73 Å². The fraction of sp³-hybridized carbons (Fsp3) is 0.143. The van der Waals surface area contributed by atoms with Gasteiger partial charge >= 0.3 is 6.18 Å². The molecular formula is C14H10F3N3S. The Kier molecular flexibility index (Phi) is 3.09. The maximum atomic E-state index is 12.6. The number of rotatable bonds is 1. The first-order valence-electron chi connectivity index (χ1n) is 6.05. The molecule has 0 atom stereocenters. The summed E-state index contributed by atoms with van der Waals surface area (Å²) in [4.78, 5) is 7.66.